The molecule has 1 saturated heterocycles. The molecule has 0 unspecified atom stereocenters. The third kappa shape index (κ3) is 2.79. The Balaban J connectivity index is 1.96. The van der Waals surface area contributed by atoms with E-state index in [4.69, 9.17) is 0 Å². The average Bonchev–Trinajstić information content (AvgIpc) is 2.88. The van der Waals surface area contributed by atoms with Crippen LogP contribution >= 0.6 is 22.6 Å². The van der Waals surface area contributed by atoms with Crippen molar-refractivity contribution in [3.8, 4) is 0 Å². The summed E-state index contributed by atoms with van der Waals surface area (Å²) >= 11 is 2.06. The zero-order chi connectivity index (χ0) is 13.1. The van der Waals surface area contributed by atoms with E-state index in [9.17, 15) is 14.9 Å². The predicted octanol–water partition coefficient (Wildman–Crippen LogP) is 1.39. The Hall–Kier alpha value is -1.19. The van der Waals surface area contributed by atoms with Crippen LogP contribution < -0.4 is 0 Å². The molecule has 1 aromatic heterocycles. The minimum atomic E-state index is -0.495. The quantitative estimate of drug-likeness (QED) is 0.351. The monoisotopic (exact) mass is 364 g/mol. The molecule has 2 rings (SSSR count). The number of likely N-dealkylation sites (tertiary alicyclic amines) is 1. The molecule has 1 amide bonds. The fourth-order valence-electron chi connectivity index (χ4n) is 2.09. The summed E-state index contributed by atoms with van der Waals surface area (Å²) in [4.78, 5) is 23.4. The van der Waals surface area contributed by atoms with Gasteiger partial charge in [0.2, 0.25) is 5.91 Å². The number of carbonyl (C=O) groups excluding carboxylic acids is 1. The maximum absolute atomic E-state index is 11.5. The highest BCUT2D eigenvalue weighted by molar-refractivity contribution is 14.1. The van der Waals surface area contributed by atoms with Gasteiger partial charge in [-0.1, -0.05) is 22.6 Å². The maximum atomic E-state index is 11.5. The zero-order valence-electron chi connectivity index (χ0n) is 9.66. The number of nitrogens with zero attached hydrogens (tertiary/aromatic N) is 4. The van der Waals surface area contributed by atoms with E-state index in [1.165, 1.54) is 6.07 Å². The highest BCUT2D eigenvalue weighted by atomic mass is 127. The van der Waals surface area contributed by atoms with Gasteiger partial charge in [0, 0.05) is 13.1 Å². The molecule has 1 fully saturated rings. The summed E-state index contributed by atoms with van der Waals surface area (Å²) in [7, 11) is 0. The highest BCUT2D eigenvalue weighted by Crippen LogP contribution is 2.23. The Morgan fingerprint density at radius 1 is 1.56 bits per heavy atom. The van der Waals surface area contributed by atoms with E-state index < -0.39 is 4.92 Å². The first-order valence-corrected chi connectivity index (χ1v) is 7.17. The molecule has 0 aliphatic carbocycles. The summed E-state index contributed by atoms with van der Waals surface area (Å²) in [5, 5.41) is 14.5. The average molecular weight is 364 g/mol. The summed E-state index contributed by atoms with van der Waals surface area (Å²) < 4.78 is 2.14. The molecule has 1 aliphatic rings. The molecule has 2 heterocycles. The van der Waals surface area contributed by atoms with Gasteiger partial charge in [0.1, 0.15) is 0 Å². The molecule has 0 atom stereocenters. The van der Waals surface area contributed by atoms with Gasteiger partial charge in [-0.25, -0.2) is 0 Å². The normalized spacial score (nSPS) is 16.8. The van der Waals surface area contributed by atoms with Crippen LogP contribution in [0.5, 0.6) is 0 Å². The van der Waals surface area contributed by atoms with Gasteiger partial charge >= 0.3 is 5.82 Å². The number of nitro groups is 1. The van der Waals surface area contributed by atoms with Crippen LogP contribution in [0.4, 0.5) is 5.82 Å². The van der Waals surface area contributed by atoms with Crippen molar-refractivity contribution < 1.29 is 9.72 Å². The van der Waals surface area contributed by atoms with Gasteiger partial charge in [0.15, 0.2) is 0 Å². The minimum absolute atomic E-state index is 0.124. The van der Waals surface area contributed by atoms with E-state index in [0.29, 0.717) is 17.5 Å². The molecule has 0 bridgehead atoms. The van der Waals surface area contributed by atoms with Gasteiger partial charge < -0.3 is 15.0 Å². The summed E-state index contributed by atoms with van der Waals surface area (Å²) in [6.45, 7) is 1.39. The van der Waals surface area contributed by atoms with Crippen molar-refractivity contribution in [2.75, 3.05) is 17.5 Å². The molecule has 1 aliphatic heterocycles. The SMILES string of the molecule is O=C(CI)N1CCC(n2ccc([N+](=O)[O-])n2)CC1. The summed E-state index contributed by atoms with van der Waals surface area (Å²) in [5.74, 6) is 0.0289. The molecule has 7 nitrogen and oxygen atoms in total. The molecular weight excluding hydrogens is 351 g/mol. The molecule has 18 heavy (non-hydrogen) atoms. The second kappa shape index (κ2) is 5.63. The van der Waals surface area contributed by atoms with Crippen LogP contribution in [0.2, 0.25) is 0 Å². The van der Waals surface area contributed by atoms with Crippen LogP contribution in [-0.4, -0.2) is 43.0 Å². The predicted molar refractivity (Wildman–Crippen MR) is 72.6 cm³/mol. The number of rotatable bonds is 3. The standard InChI is InChI=1S/C10H13IN4O3/c11-7-10(16)13-4-1-8(2-5-13)14-6-3-9(12-14)15(17)18/h3,6,8H,1-2,4-5,7H2. The topological polar surface area (TPSA) is 81.3 Å². The lowest BCUT2D eigenvalue weighted by Gasteiger charge is -2.30. The molecule has 1 aromatic rings. The summed E-state index contributed by atoms with van der Waals surface area (Å²) in [6.07, 6.45) is 3.22. The summed E-state index contributed by atoms with van der Waals surface area (Å²) in [5.41, 5.74) is 0. The van der Waals surface area contributed by atoms with Crippen molar-refractivity contribution in [2.24, 2.45) is 0 Å². The Bertz CT molecular complexity index is 454. The molecule has 0 aromatic carbocycles. The van der Waals surface area contributed by atoms with E-state index >= 15 is 0 Å². The highest BCUT2D eigenvalue weighted by Gasteiger charge is 2.26. The molecule has 8 heteroatoms. The number of aromatic nitrogens is 2. The number of amides is 1. The van der Waals surface area contributed by atoms with Crippen LogP contribution in [-0.2, 0) is 4.79 Å². The van der Waals surface area contributed by atoms with Crippen molar-refractivity contribution >= 4 is 34.3 Å². The maximum Gasteiger partial charge on any atom is 0.389 e. The third-order valence-corrected chi connectivity index (χ3v) is 3.74. The van der Waals surface area contributed by atoms with Gasteiger partial charge in [-0.05, 0) is 17.8 Å². The van der Waals surface area contributed by atoms with Crippen molar-refractivity contribution in [3.63, 3.8) is 0 Å². The number of hydrogen-bond acceptors (Lipinski definition) is 4. The Labute approximate surface area is 117 Å². The van der Waals surface area contributed by atoms with Crippen LogP contribution in [0, 0.1) is 10.1 Å². The van der Waals surface area contributed by atoms with E-state index in [1.807, 2.05) is 4.90 Å². The molecule has 0 N–H and O–H groups in total. The fourth-order valence-corrected chi connectivity index (χ4v) is 2.58. The number of hydrogen-bond donors (Lipinski definition) is 0. The zero-order valence-corrected chi connectivity index (χ0v) is 11.8. The van der Waals surface area contributed by atoms with Crippen molar-refractivity contribution in [3.05, 3.63) is 22.4 Å². The van der Waals surface area contributed by atoms with Crippen LogP contribution in [0.1, 0.15) is 18.9 Å². The first-order chi connectivity index (χ1) is 8.61. The second-order valence-corrected chi connectivity index (χ2v) is 4.92. The number of piperidine rings is 1. The van der Waals surface area contributed by atoms with E-state index in [-0.39, 0.29) is 17.8 Å². The lowest BCUT2D eigenvalue weighted by atomic mass is 10.1. The lowest BCUT2D eigenvalue weighted by molar-refractivity contribution is -0.389. The van der Waals surface area contributed by atoms with E-state index in [0.717, 1.165) is 12.8 Å². The van der Waals surface area contributed by atoms with Gasteiger partial charge in [-0.3, -0.25) is 4.79 Å². The van der Waals surface area contributed by atoms with Crippen molar-refractivity contribution in [2.45, 2.75) is 18.9 Å². The number of halogens is 1. The Morgan fingerprint density at radius 3 is 2.72 bits per heavy atom. The van der Waals surface area contributed by atoms with Gasteiger partial charge in [-0.15, -0.1) is 0 Å². The molecule has 0 saturated carbocycles. The van der Waals surface area contributed by atoms with Gasteiger partial charge in [0.25, 0.3) is 0 Å². The largest absolute Gasteiger partial charge is 0.389 e. The smallest absolute Gasteiger partial charge is 0.358 e. The van der Waals surface area contributed by atoms with E-state index in [2.05, 4.69) is 27.7 Å². The van der Waals surface area contributed by atoms with Crippen LogP contribution in [0.15, 0.2) is 12.3 Å². The van der Waals surface area contributed by atoms with E-state index in [1.54, 1.807) is 10.9 Å². The molecule has 98 valence electrons. The lowest BCUT2D eigenvalue weighted by Crippen LogP contribution is -2.39. The van der Waals surface area contributed by atoms with Crippen LogP contribution in [0.3, 0.4) is 0 Å². The minimum Gasteiger partial charge on any atom is -0.358 e. The molecule has 0 radical (unpaired) electrons. The third-order valence-electron chi connectivity index (χ3n) is 3.09. The van der Waals surface area contributed by atoms with Crippen LogP contribution in [0.25, 0.3) is 0 Å². The Kier molecular flexibility index (Phi) is 4.15. The Morgan fingerprint density at radius 2 is 2.22 bits per heavy atom. The number of carbonyl (C=O) groups is 1. The first kappa shape index (κ1) is 13.2. The van der Waals surface area contributed by atoms with Gasteiger partial charge in [-0.2, -0.15) is 4.68 Å². The molecule has 0 spiro atoms. The van der Waals surface area contributed by atoms with Gasteiger partial charge in [0.05, 0.1) is 27.8 Å². The first-order valence-electron chi connectivity index (χ1n) is 5.65. The van der Waals surface area contributed by atoms with Crippen molar-refractivity contribution in [1.82, 2.24) is 14.7 Å². The van der Waals surface area contributed by atoms with Crippen molar-refractivity contribution in [1.29, 1.82) is 0 Å². The molecular formula is C10H13IN4O3. The fraction of sp³-hybridized carbons (Fsp3) is 0.600. The number of alkyl halides is 1. The summed E-state index contributed by atoms with van der Waals surface area (Å²) in [6, 6.07) is 1.56. The second-order valence-electron chi connectivity index (χ2n) is 4.16.